The van der Waals surface area contributed by atoms with E-state index in [2.05, 4.69) is 33.1 Å². The molecule has 5 heteroatoms. The minimum atomic E-state index is 0.518. The average molecular weight is 314 g/mol. The highest BCUT2D eigenvalue weighted by molar-refractivity contribution is 9.10. The van der Waals surface area contributed by atoms with Gasteiger partial charge in [0.1, 0.15) is 0 Å². The Labute approximate surface area is 115 Å². The van der Waals surface area contributed by atoms with E-state index in [1.54, 1.807) is 18.0 Å². The number of rotatable bonds is 5. The fourth-order valence-corrected chi connectivity index (χ4v) is 2.25. The monoisotopic (exact) mass is 313 g/mol. The van der Waals surface area contributed by atoms with Crippen molar-refractivity contribution in [1.82, 2.24) is 0 Å². The summed E-state index contributed by atoms with van der Waals surface area (Å²) in [7, 11) is 0. The van der Waals surface area contributed by atoms with Crippen LogP contribution in [0.2, 0.25) is 0 Å². The molecule has 0 spiro atoms. The first-order valence-electron chi connectivity index (χ1n) is 5.47. The number of thioether (sulfide) groups is 1. The molecule has 92 valence electrons. The van der Waals surface area contributed by atoms with Crippen LogP contribution in [0.1, 0.15) is 25.3 Å². The van der Waals surface area contributed by atoms with Crippen LogP contribution in [0.15, 0.2) is 38.9 Å². The molecule has 0 aliphatic rings. The van der Waals surface area contributed by atoms with Crippen LogP contribution in [0.4, 0.5) is 0 Å². The van der Waals surface area contributed by atoms with E-state index >= 15 is 0 Å². The van der Waals surface area contributed by atoms with Crippen molar-refractivity contribution in [2.75, 3.05) is 5.75 Å². The van der Waals surface area contributed by atoms with E-state index in [9.17, 15) is 0 Å². The topological polar surface area (TPSA) is 50.7 Å². The molecule has 17 heavy (non-hydrogen) atoms. The van der Waals surface area contributed by atoms with Gasteiger partial charge in [-0.1, -0.05) is 53.2 Å². The molecule has 0 bridgehead atoms. The number of unbranched alkanes of at least 4 members (excludes halogenated alkanes) is 1. The molecule has 0 saturated carbocycles. The molecule has 1 rings (SSSR count). The molecule has 0 atom stereocenters. The van der Waals surface area contributed by atoms with Crippen LogP contribution in [-0.2, 0) is 0 Å². The summed E-state index contributed by atoms with van der Waals surface area (Å²) in [5.41, 5.74) is 6.69. The maximum Gasteiger partial charge on any atom is 0.180 e. The van der Waals surface area contributed by atoms with Crippen molar-refractivity contribution in [3.8, 4) is 0 Å². The van der Waals surface area contributed by atoms with Gasteiger partial charge in [0.05, 0.1) is 6.21 Å². The normalized spacial score (nSPS) is 12.2. The Morgan fingerprint density at radius 3 is 3.06 bits per heavy atom. The molecule has 0 radical (unpaired) electrons. The fourth-order valence-electron chi connectivity index (χ4n) is 1.09. The zero-order valence-electron chi connectivity index (χ0n) is 9.77. The zero-order valence-corrected chi connectivity index (χ0v) is 12.2. The van der Waals surface area contributed by atoms with Gasteiger partial charge in [-0.25, -0.2) is 0 Å². The summed E-state index contributed by atoms with van der Waals surface area (Å²) in [6.45, 7) is 2.15. The lowest BCUT2D eigenvalue weighted by Gasteiger charge is -1.96. The van der Waals surface area contributed by atoms with Crippen LogP contribution >= 0.6 is 27.7 Å². The summed E-state index contributed by atoms with van der Waals surface area (Å²) >= 11 is 4.94. The molecular formula is C12H16BrN3S. The minimum Gasteiger partial charge on any atom is -0.377 e. The van der Waals surface area contributed by atoms with Gasteiger partial charge >= 0.3 is 0 Å². The van der Waals surface area contributed by atoms with Crippen molar-refractivity contribution in [3.63, 3.8) is 0 Å². The Morgan fingerprint density at radius 1 is 1.53 bits per heavy atom. The van der Waals surface area contributed by atoms with Crippen LogP contribution < -0.4 is 5.73 Å². The molecule has 1 aromatic rings. The molecule has 0 unspecified atom stereocenters. The molecule has 1 aromatic carbocycles. The SMILES string of the molecule is CCCCS/C(N)=N/N=C/c1cccc(Br)c1. The fraction of sp³-hybridized carbons (Fsp3) is 0.333. The Balaban J connectivity index is 2.45. The van der Waals surface area contributed by atoms with E-state index in [1.165, 1.54) is 6.42 Å². The van der Waals surface area contributed by atoms with Gasteiger partial charge < -0.3 is 5.73 Å². The Hall–Kier alpha value is -0.810. The Morgan fingerprint density at radius 2 is 2.35 bits per heavy atom. The van der Waals surface area contributed by atoms with Gasteiger partial charge in [0, 0.05) is 10.2 Å². The number of benzene rings is 1. The molecule has 0 amide bonds. The van der Waals surface area contributed by atoms with Crippen molar-refractivity contribution >= 4 is 39.1 Å². The average Bonchev–Trinajstić information content (AvgIpc) is 2.29. The van der Waals surface area contributed by atoms with Crippen molar-refractivity contribution in [2.24, 2.45) is 15.9 Å². The third kappa shape index (κ3) is 6.48. The first kappa shape index (κ1) is 14.3. The quantitative estimate of drug-likeness (QED) is 0.390. The summed E-state index contributed by atoms with van der Waals surface area (Å²) < 4.78 is 1.02. The molecule has 0 aromatic heterocycles. The highest BCUT2D eigenvalue weighted by Crippen LogP contribution is 2.10. The van der Waals surface area contributed by atoms with E-state index in [4.69, 9.17) is 5.73 Å². The predicted molar refractivity (Wildman–Crippen MR) is 80.7 cm³/mol. The van der Waals surface area contributed by atoms with Gasteiger partial charge in [-0.2, -0.15) is 5.10 Å². The third-order valence-electron chi connectivity index (χ3n) is 1.96. The molecule has 3 nitrogen and oxygen atoms in total. The van der Waals surface area contributed by atoms with Gasteiger partial charge in [-0.15, -0.1) is 5.10 Å². The summed E-state index contributed by atoms with van der Waals surface area (Å²) in [5.74, 6) is 0.998. The van der Waals surface area contributed by atoms with Crippen LogP contribution in [-0.4, -0.2) is 17.1 Å². The second kappa shape index (κ2) is 8.31. The molecule has 0 fully saturated rings. The number of amidine groups is 1. The largest absolute Gasteiger partial charge is 0.377 e. The maximum atomic E-state index is 5.70. The number of nitrogens with two attached hydrogens (primary N) is 1. The summed E-state index contributed by atoms with van der Waals surface area (Å²) in [6, 6.07) is 7.85. The van der Waals surface area contributed by atoms with Gasteiger partial charge in [0.25, 0.3) is 0 Å². The molecule has 2 N–H and O–H groups in total. The zero-order chi connectivity index (χ0) is 12.5. The lowest BCUT2D eigenvalue weighted by molar-refractivity contribution is 0.898. The third-order valence-corrected chi connectivity index (χ3v) is 3.32. The molecule has 0 saturated heterocycles. The van der Waals surface area contributed by atoms with Gasteiger partial charge in [0.15, 0.2) is 5.17 Å². The van der Waals surface area contributed by atoms with Gasteiger partial charge in [-0.05, 0) is 24.1 Å². The summed E-state index contributed by atoms with van der Waals surface area (Å²) in [4.78, 5) is 0. The number of hydrogen-bond donors (Lipinski definition) is 1. The number of halogens is 1. The van der Waals surface area contributed by atoms with Crippen LogP contribution in [0.25, 0.3) is 0 Å². The molecule has 0 heterocycles. The molecular weight excluding hydrogens is 298 g/mol. The lowest BCUT2D eigenvalue weighted by Crippen LogP contribution is -2.06. The van der Waals surface area contributed by atoms with Crippen molar-refractivity contribution in [1.29, 1.82) is 0 Å². The van der Waals surface area contributed by atoms with Gasteiger partial charge in [-0.3, -0.25) is 0 Å². The van der Waals surface area contributed by atoms with Crippen molar-refractivity contribution in [2.45, 2.75) is 19.8 Å². The standard InChI is InChI=1S/C12H16BrN3S/c1-2-3-7-17-12(14)16-15-9-10-5-4-6-11(13)8-10/h4-6,8-9H,2-3,7H2,1H3,(H2,14,16)/b15-9+. The maximum absolute atomic E-state index is 5.70. The lowest BCUT2D eigenvalue weighted by atomic mass is 10.2. The first-order valence-corrected chi connectivity index (χ1v) is 7.25. The smallest absolute Gasteiger partial charge is 0.180 e. The molecule has 0 aliphatic carbocycles. The predicted octanol–water partition coefficient (Wildman–Crippen LogP) is 3.63. The Kier molecular flexibility index (Phi) is 6.96. The van der Waals surface area contributed by atoms with Crippen molar-refractivity contribution < 1.29 is 0 Å². The second-order valence-electron chi connectivity index (χ2n) is 3.44. The first-order chi connectivity index (χ1) is 8.22. The van der Waals surface area contributed by atoms with E-state index in [-0.39, 0.29) is 0 Å². The van der Waals surface area contributed by atoms with Crippen LogP contribution in [0.5, 0.6) is 0 Å². The van der Waals surface area contributed by atoms with E-state index in [1.807, 2.05) is 24.3 Å². The van der Waals surface area contributed by atoms with E-state index in [0.29, 0.717) is 5.17 Å². The van der Waals surface area contributed by atoms with E-state index < -0.39 is 0 Å². The highest BCUT2D eigenvalue weighted by Gasteiger charge is 1.92. The van der Waals surface area contributed by atoms with Gasteiger partial charge in [0.2, 0.25) is 0 Å². The highest BCUT2D eigenvalue weighted by atomic mass is 79.9. The summed E-state index contributed by atoms with van der Waals surface area (Å²) in [6.07, 6.45) is 4.01. The number of nitrogens with zero attached hydrogens (tertiary/aromatic N) is 2. The van der Waals surface area contributed by atoms with Crippen LogP contribution in [0.3, 0.4) is 0 Å². The summed E-state index contributed by atoms with van der Waals surface area (Å²) in [5, 5.41) is 8.41. The number of hydrogen-bond acceptors (Lipinski definition) is 3. The Bertz CT molecular complexity index is 404. The van der Waals surface area contributed by atoms with E-state index in [0.717, 1.165) is 22.2 Å². The minimum absolute atomic E-state index is 0.518. The van der Waals surface area contributed by atoms with Crippen molar-refractivity contribution in [3.05, 3.63) is 34.3 Å². The molecule has 0 aliphatic heterocycles. The second-order valence-corrected chi connectivity index (χ2v) is 5.47. The van der Waals surface area contributed by atoms with Crippen LogP contribution in [0, 0.1) is 0 Å².